The topological polar surface area (TPSA) is 55.3 Å². The van der Waals surface area contributed by atoms with E-state index in [2.05, 4.69) is 35.0 Å². The van der Waals surface area contributed by atoms with Crippen molar-refractivity contribution in [2.24, 2.45) is 5.73 Å². The van der Waals surface area contributed by atoms with Crippen LogP contribution in [0.15, 0.2) is 22.6 Å². The molecule has 0 saturated carbocycles. The number of hydrogen-bond donors (Lipinski definition) is 1. The Morgan fingerprint density at radius 2 is 1.85 bits per heavy atom. The van der Waals surface area contributed by atoms with Crippen molar-refractivity contribution in [3.8, 4) is 0 Å². The minimum absolute atomic E-state index is 0. The zero-order chi connectivity index (χ0) is 17.5. The fourth-order valence-corrected chi connectivity index (χ4v) is 3.68. The van der Waals surface area contributed by atoms with Gasteiger partial charge in [0.1, 0.15) is 5.52 Å². The number of aromatic nitrogens is 1. The molecule has 1 atom stereocenters. The summed E-state index contributed by atoms with van der Waals surface area (Å²) in [6.07, 6.45) is 13.1. The van der Waals surface area contributed by atoms with E-state index in [-0.39, 0.29) is 18.4 Å². The van der Waals surface area contributed by atoms with Crippen LogP contribution in [0.2, 0.25) is 0 Å². The van der Waals surface area contributed by atoms with Gasteiger partial charge in [-0.05, 0) is 37.0 Å². The molecule has 5 heteroatoms. The fourth-order valence-electron chi connectivity index (χ4n) is 3.68. The molecule has 0 amide bonds. The Morgan fingerprint density at radius 1 is 1.12 bits per heavy atom. The van der Waals surface area contributed by atoms with Crippen molar-refractivity contribution in [2.45, 2.75) is 77.2 Å². The van der Waals surface area contributed by atoms with E-state index >= 15 is 0 Å². The van der Waals surface area contributed by atoms with E-state index in [0.29, 0.717) is 0 Å². The Morgan fingerprint density at radius 3 is 2.54 bits per heavy atom. The number of hydrogen-bond acceptors (Lipinski definition) is 4. The van der Waals surface area contributed by atoms with E-state index in [4.69, 9.17) is 10.2 Å². The van der Waals surface area contributed by atoms with Crippen LogP contribution in [0.3, 0.4) is 0 Å². The van der Waals surface area contributed by atoms with Crippen molar-refractivity contribution < 1.29 is 4.42 Å². The van der Waals surface area contributed by atoms with Crippen molar-refractivity contribution >= 4 is 29.5 Å². The first-order chi connectivity index (χ1) is 12.3. The van der Waals surface area contributed by atoms with Crippen molar-refractivity contribution in [1.29, 1.82) is 0 Å². The lowest BCUT2D eigenvalue weighted by Crippen LogP contribution is -2.26. The molecule has 2 heterocycles. The average Bonchev–Trinajstić information content (AvgIpc) is 3.22. The van der Waals surface area contributed by atoms with Crippen LogP contribution < -0.4 is 10.6 Å². The number of oxazole rings is 1. The zero-order valence-corrected chi connectivity index (χ0v) is 16.9. The highest BCUT2D eigenvalue weighted by Gasteiger charge is 2.23. The Labute approximate surface area is 163 Å². The van der Waals surface area contributed by atoms with Gasteiger partial charge in [0.25, 0.3) is 6.01 Å². The minimum atomic E-state index is 0. The number of unbranched alkanes of at least 4 members (excludes halogenated alkanes) is 7. The van der Waals surface area contributed by atoms with E-state index in [1.807, 2.05) is 0 Å². The van der Waals surface area contributed by atoms with Crippen LogP contribution in [0.25, 0.3) is 11.1 Å². The molecule has 2 aromatic rings. The Hall–Kier alpha value is -1.26. The molecule has 0 radical (unpaired) electrons. The van der Waals surface area contributed by atoms with Gasteiger partial charge in [-0.3, -0.25) is 0 Å². The monoisotopic (exact) mass is 379 g/mol. The normalized spacial score (nSPS) is 17.0. The number of nitrogens with zero attached hydrogens (tertiary/aromatic N) is 2. The van der Waals surface area contributed by atoms with Crippen LogP contribution in [-0.2, 0) is 6.42 Å². The number of anilines is 1. The van der Waals surface area contributed by atoms with Gasteiger partial charge in [-0.2, -0.15) is 4.98 Å². The first-order valence-electron chi connectivity index (χ1n) is 10.2. The third-order valence-electron chi connectivity index (χ3n) is 5.25. The maximum atomic E-state index is 5.98. The summed E-state index contributed by atoms with van der Waals surface area (Å²) >= 11 is 0. The highest BCUT2D eigenvalue weighted by molar-refractivity contribution is 5.85. The predicted octanol–water partition coefficient (Wildman–Crippen LogP) is 5.47. The molecule has 1 aliphatic heterocycles. The molecular formula is C21H34ClN3O. The van der Waals surface area contributed by atoms with Gasteiger partial charge in [0.15, 0.2) is 5.58 Å². The molecule has 1 fully saturated rings. The van der Waals surface area contributed by atoms with E-state index < -0.39 is 0 Å². The standard InChI is InChI=1S/C21H33N3O.ClH/c1-2-3-4-5-6-7-8-9-10-17-11-12-20-19(15-17)23-21(25-20)24-14-13-18(22)16-24;/h11-12,15,18H,2-10,13-14,16,22H2,1H3;1H/t18-;/m0./s1. The summed E-state index contributed by atoms with van der Waals surface area (Å²) in [6, 6.07) is 7.43. The van der Waals surface area contributed by atoms with Gasteiger partial charge in [-0.15, -0.1) is 12.4 Å². The van der Waals surface area contributed by atoms with Crippen LogP contribution in [0.4, 0.5) is 6.01 Å². The lowest BCUT2D eigenvalue weighted by molar-refractivity contribution is 0.575. The number of aryl methyl sites for hydroxylation is 1. The number of fused-ring (bicyclic) bond motifs is 1. The molecule has 1 aromatic carbocycles. The number of halogens is 1. The van der Waals surface area contributed by atoms with Crippen molar-refractivity contribution in [3.05, 3.63) is 23.8 Å². The predicted molar refractivity (Wildman–Crippen MR) is 112 cm³/mol. The Balaban J connectivity index is 0.00000243. The fraction of sp³-hybridized carbons (Fsp3) is 0.667. The van der Waals surface area contributed by atoms with Crippen LogP contribution in [0, 0.1) is 0 Å². The van der Waals surface area contributed by atoms with Crippen LogP contribution in [-0.4, -0.2) is 24.1 Å². The second-order valence-electron chi connectivity index (χ2n) is 7.52. The summed E-state index contributed by atoms with van der Waals surface area (Å²) < 4.78 is 5.90. The number of benzene rings is 1. The zero-order valence-electron chi connectivity index (χ0n) is 16.1. The van der Waals surface area contributed by atoms with E-state index in [9.17, 15) is 0 Å². The third kappa shape index (κ3) is 5.88. The number of nitrogens with two attached hydrogens (primary N) is 1. The van der Waals surface area contributed by atoms with Crippen molar-refractivity contribution in [2.75, 3.05) is 18.0 Å². The lowest BCUT2D eigenvalue weighted by atomic mass is 10.0. The van der Waals surface area contributed by atoms with Crippen molar-refractivity contribution in [1.82, 2.24) is 4.98 Å². The molecule has 0 spiro atoms. The second kappa shape index (κ2) is 10.8. The van der Waals surface area contributed by atoms with E-state index in [0.717, 1.165) is 43.0 Å². The maximum Gasteiger partial charge on any atom is 0.298 e. The van der Waals surface area contributed by atoms with Gasteiger partial charge in [-0.25, -0.2) is 0 Å². The third-order valence-corrected chi connectivity index (χ3v) is 5.25. The van der Waals surface area contributed by atoms with Gasteiger partial charge < -0.3 is 15.1 Å². The van der Waals surface area contributed by atoms with Gasteiger partial charge in [0.05, 0.1) is 0 Å². The van der Waals surface area contributed by atoms with Crippen LogP contribution >= 0.6 is 12.4 Å². The first kappa shape index (κ1) is 21.0. The highest BCUT2D eigenvalue weighted by Crippen LogP contribution is 2.25. The average molecular weight is 380 g/mol. The van der Waals surface area contributed by atoms with Gasteiger partial charge in [-0.1, -0.05) is 57.9 Å². The molecule has 146 valence electrons. The molecule has 1 saturated heterocycles. The molecule has 1 aliphatic rings. The van der Waals surface area contributed by atoms with Crippen molar-refractivity contribution in [3.63, 3.8) is 0 Å². The second-order valence-corrected chi connectivity index (χ2v) is 7.52. The molecule has 2 N–H and O–H groups in total. The molecule has 26 heavy (non-hydrogen) atoms. The molecular weight excluding hydrogens is 346 g/mol. The van der Waals surface area contributed by atoms with Crippen LogP contribution in [0.5, 0.6) is 0 Å². The minimum Gasteiger partial charge on any atom is -0.423 e. The summed E-state index contributed by atoms with van der Waals surface area (Å²) in [5, 5.41) is 0. The highest BCUT2D eigenvalue weighted by atomic mass is 35.5. The van der Waals surface area contributed by atoms with E-state index in [1.54, 1.807) is 0 Å². The Bertz CT molecular complexity index is 658. The summed E-state index contributed by atoms with van der Waals surface area (Å²) in [7, 11) is 0. The molecule has 1 aromatic heterocycles. The summed E-state index contributed by atoms with van der Waals surface area (Å²) in [5.41, 5.74) is 9.22. The number of rotatable bonds is 10. The summed E-state index contributed by atoms with van der Waals surface area (Å²) in [5.74, 6) is 0. The summed E-state index contributed by atoms with van der Waals surface area (Å²) in [4.78, 5) is 6.84. The molecule has 0 unspecified atom stereocenters. The molecule has 4 nitrogen and oxygen atoms in total. The Kier molecular flexibility index (Phi) is 8.73. The van der Waals surface area contributed by atoms with E-state index in [1.165, 1.54) is 56.9 Å². The molecule has 0 aliphatic carbocycles. The lowest BCUT2D eigenvalue weighted by Gasteiger charge is -2.11. The quantitative estimate of drug-likeness (QED) is 0.556. The van der Waals surface area contributed by atoms with Gasteiger partial charge in [0, 0.05) is 19.1 Å². The molecule has 3 rings (SSSR count). The SMILES string of the molecule is CCCCCCCCCCc1ccc2oc(N3CC[C@H](N)C3)nc2c1.Cl. The van der Waals surface area contributed by atoms with Crippen LogP contribution in [0.1, 0.15) is 70.3 Å². The smallest absolute Gasteiger partial charge is 0.298 e. The largest absolute Gasteiger partial charge is 0.423 e. The first-order valence-corrected chi connectivity index (χ1v) is 10.2. The summed E-state index contributed by atoms with van der Waals surface area (Å²) in [6.45, 7) is 4.06. The van der Waals surface area contributed by atoms with Gasteiger partial charge >= 0.3 is 0 Å². The van der Waals surface area contributed by atoms with Gasteiger partial charge in [0.2, 0.25) is 0 Å². The molecule has 0 bridgehead atoms. The maximum absolute atomic E-state index is 5.98.